The van der Waals surface area contributed by atoms with E-state index in [1.165, 1.54) is 19.9 Å². The molecule has 140 valence electrons. The zero-order chi connectivity index (χ0) is 19.7. The van der Waals surface area contributed by atoms with Gasteiger partial charge in [-0.3, -0.25) is 14.4 Å². The molecule has 0 aliphatic rings. The van der Waals surface area contributed by atoms with E-state index in [1.807, 2.05) is 0 Å². The topological polar surface area (TPSA) is 82.8 Å². The van der Waals surface area contributed by atoms with Gasteiger partial charge in [-0.05, 0) is 39.8 Å². The van der Waals surface area contributed by atoms with Crippen molar-refractivity contribution in [1.82, 2.24) is 0 Å². The number of carbonyl (C=O) groups excluding carboxylic acids is 2. The van der Waals surface area contributed by atoms with Crippen molar-refractivity contribution in [1.29, 1.82) is 0 Å². The van der Waals surface area contributed by atoms with Crippen LogP contribution >= 0.6 is 0 Å². The zero-order valence-corrected chi connectivity index (χ0v) is 15.6. The summed E-state index contributed by atoms with van der Waals surface area (Å²) >= 11 is 0. The van der Waals surface area contributed by atoms with Crippen molar-refractivity contribution in [2.75, 3.05) is 0 Å². The van der Waals surface area contributed by atoms with Gasteiger partial charge in [0.2, 0.25) is 5.43 Å². The van der Waals surface area contributed by atoms with E-state index in [9.17, 15) is 14.4 Å². The van der Waals surface area contributed by atoms with Crippen LogP contribution in [-0.2, 0) is 9.59 Å². The number of rotatable bonds is 6. The molecule has 2 unspecified atom stereocenters. The maximum absolute atomic E-state index is 13.0. The van der Waals surface area contributed by atoms with Gasteiger partial charge < -0.3 is 13.9 Å². The molecule has 27 heavy (non-hydrogen) atoms. The number of hydrogen-bond donors (Lipinski definition) is 0. The summed E-state index contributed by atoms with van der Waals surface area (Å²) < 4.78 is 17.2. The Balaban J connectivity index is 2.25. The number of ether oxygens (including phenoxy) is 2. The van der Waals surface area contributed by atoms with E-state index < -0.39 is 12.2 Å². The van der Waals surface area contributed by atoms with Crippen LogP contribution in [0.4, 0.5) is 0 Å². The predicted octanol–water partition coefficient (Wildman–Crippen LogP) is 3.66. The Morgan fingerprint density at radius 3 is 2.22 bits per heavy atom. The Labute approximate surface area is 155 Å². The van der Waals surface area contributed by atoms with E-state index >= 15 is 0 Å². The summed E-state index contributed by atoms with van der Waals surface area (Å²) in [6, 6.07) is 9.93. The normalized spacial score (nSPS) is 13.3. The van der Waals surface area contributed by atoms with Crippen LogP contribution in [0.15, 0.2) is 45.6 Å². The third-order valence-corrected chi connectivity index (χ3v) is 4.38. The van der Waals surface area contributed by atoms with Crippen LogP contribution in [0.2, 0.25) is 0 Å². The van der Waals surface area contributed by atoms with Gasteiger partial charge in [0.25, 0.3) is 0 Å². The van der Waals surface area contributed by atoms with Gasteiger partial charge in [0, 0.05) is 12.1 Å². The Kier molecular flexibility index (Phi) is 4.99. The monoisotopic (exact) mass is 368 g/mol. The van der Waals surface area contributed by atoms with Crippen LogP contribution < -0.4 is 14.9 Å². The predicted molar refractivity (Wildman–Crippen MR) is 102 cm³/mol. The van der Waals surface area contributed by atoms with Crippen molar-refractivity contribution in [3.63, 3.8) is 0 Å². The molecule has 0 saturated heterocycles. The zero-order valence-electron chi connectivity index (χ0n) is 15.6. The van der Waals surface area contributed by atoms with Crippen LogP contribution in [0.3, 0.4) is 0 Å². The van der Waals surface area contributed by atoms with E-state index in [4.69, 9.17) is 13.9 Å². The highest BCUT2D eigenvalue weighted by Gasteiger charge is 2.19. The molecule has 3 aromatic rings. The largest absolute Gasteiger partial charge is 0.483 e. The van der Waals surface area contributed by atoms with Gasteiger partial charge in [0.15, 0.2) is 23.8 Å². The third-order valence-electron chi connectivity index (χ3n) is 4.38. The van der Waals surface area contributed by atoms with Crippen LogP contribution in [0.25, 0.3) is 21.9 Å². The Morgan fingerprint density at radius 2 is 1.56 bits per heavy atom. The molecule has 0 bridgehead atoms. The lowest BCUT2D eigenvalue weighted by atomic mass is 10.1. The maximum atomic E-state index is 13.0. The SMILES string of the molecule is CC(=O)C(C)Oc1cc(OC(C)C(C)=O)c2c(=O)c3ccccc3oc2c1. The lowest BCUT2D eigenvalue weighted by Crippen LogP contribution is -2.22. The van der Waals surface area contributed by atoms with E-state index in [2.05, 4.69) is 0 Å². The number of Topliss-reactive ketones (excluding diaryl/α,β-unsaturated/α-hetero) is 2. The fourth-order valence-corrected chi connectivity index (χ4v) is 2.59. The summed E-state index contributed by atoms with van der Waals surface area (Å²) in [6.07, 6.45) is -1.42. The standard InChI is InChI=1S/C21H20O6/c1-11(22)13(3)25-15-9-18(26-14(4)12(2)23)20-19(10-15)27-17-8-6-5-7-16(17)21(20)24/h5-10,13-14H,1-4H3. The molecule has 1 heterocycles. The number of benzene rings is 2. The average molecular weight is 368 g/mol. The van der Waals surface area contributed by atoms with Gasteiger partial charge >= 0.3 is 0 Å². The third kappa shape index (κ3) is 3.69. The van der Waals surface area contributed by atoms with Crippen molar-refractivity contribution >= 4 is 33.5 Å². The highest BCUT2D eigenvalue weighted by molar-refractivity contribution is 5.94. The average Bonchev–Trinajstić information content (AvgIpc) is 2.61. The molecule has 1 aromatic heterocycles. The summed E-state index contributed by atoms with van der Waals surface area (Å²) in [5, 5.41) is 0.640. The van der Waals surface area contributed by atoms with Crippen LogP contribution in [0.5, 0.6) is 11.5 Å². The van der Waals surface area contributed by atoms with Gasteiger partial charge in [-0.1, -0.05) is 12.1 Å². The van der Waals surface area contributed by atoms with Gasteiger partial charge in [-0.25, -0.2) is 0 Å². The van der Waals surface area contributed by atoms with Crippen molar-refractivity contribution < 1.29 is 23.5 Å². The second-order valence-corrected chi connectivity index (χ2v) is 6.46. The van der Waals surface area contributed by atoms with E-state index in [0.29, 0.717) is 16.7 Å². The van der Waals surface area contributed by atoms with Crippen LogP contribution in [0, 0.1) is 0 Å². The molecule has 0 fully saturated rings. The lowest BCUT2D eigenvalue weighted by Gasteiger charge is -2.17. The summed E-state index contributed by atoms with van der Waals surface area (Å²) in [5.41, 5.74) is 0.429. The van der Waals surface area contributed by atoms with Gasteiger partial charge in [-0.2, -0.15) is 0 Å². The van der Waals surface area contributed by atoms with Crippen molar-refractivity contribution in [3.8, 4) is 11.5 Å². The van der Waals surface area contributed by atoms with Gasteiger partial charge in [-0.15, -0.1) is 0 Å². The molecule has 6 nitrogen and oxygen atoms in total. The van der Waals surface area contributed by atoms with Gasteiger partial charge in [0.1, 0.15) is 28.1 Å². The van der Waals surface area contributed by atoms with E-state index in [1.54, 1.807) is 44.2 Å². The first-order valence-electron chi connectivity index (χ1n) is 8.61. The first-order valence-corrected chi connectivity index (χ1v) is 8.61. The lowest BCUT2D eigenvalue weighted by molar-refractivity contribution is -0.123. The molecule has 2 aromatic carbocycles. The molecular weight excluding hydrogens is 348 g/mol. The molecule has 0 spiro atoms. The minimum absolute atomic E-state index is 0.144. The minimum atomic E-state index is -0.750. The molecule has 0 saturated carbocycles. The quantitative estimate of drug-likeness (QED) is 0.618. The summed E-state index contributed by atoms with van der Waals surface area (Å²) in [4.78, 5) is 36.1. The fourth-order valence-electron chi connectivity index (χ4n) is 2.59. The Bertz CT molecular complexity index is 1090. The number of fused-ring (bicyclic) bond motifs is 2. The van der Waals surface area contributed by atoms with Crippen LogP contribution in [-0.4, -0.2) is 23.8 Å². The Hall–Kier alpha value is -3.15. The maximum Gasteiger partial charge on any atom is 0.204 e. The number of hydrogen-bond acceptors (Lipinski definition) is 6. The smallest absolute Gasteiger partial charge is 0.204 e. The van der Waals surface area contributed by atoms with Crippen molar-refractivity contribution in [3.05, 3.63) is 46.6 Å². The highest BCUT2D eigenvalue weighted by Crippen LogP contribution is 2.32. The minimum Gasteiger partial charge on any atom is -0.483 e. The molecule has 0 amide bonds. The summed E-state index contributed by atoms with van der Waals surface area (Å²) in [5.74, 6) is 0.168. The van der Waals surface area contributed by atoms with Crippen molar-refractivity contribution in [2.24, 2.45) is 0 Å². The summed E-state index contributed by atoms with van der Waals surface area (Å²) in [6.45, 7) is 6.06. The molecule has 3 rings (SSSR count). The number of para-hydroxylation sites is 1. The Morgan fingerprint density at radius 1 is 0.926 bits per heavy atom. The van der Waals surface area contributed by atoms with Crippen molar-refractivity contribution in [2.45, 2.75) is 39.9 Å². The van der Waals surface area contributed by atoms with Crippen LogP contribution in [0.1, 0.15) is 27.7 Å². The molecular formula is C21H20O6. The second-order valence-electron chi connectivity index (χ2n) is 6.46. The number of carbonyl (C=O) groups is 2. The highest BCUT2D eigenvalue weighted by atomic mass is 16.5. The summed E-state index contributed by atoms with van der Waals surface area (Å²) in [7, 11) is 0. The number of ketones is 2. The first-order chi connectivity index (χ1) is 12.8. The second kappa shape index (κ2) is 7.23. The molecule has 2 atom stereocenters. The molecule has 0 aliphatic carbocycles. The molecule has 6 heteroatoms. The fraction of sp³-hybridized carbons (Fsp3) is 0.286. The van der Waals surface area contributed by atoms with E-state index in [-0.39, 0.29) is 33.7 Å². The van der Waals surface area contributed by atoms with E-state index in [0.717, 1.165) is 0 Å². The molecule has 0 radical (unpaired) electrons. The molecule has 0 N–H and O–H groups in total. The molecule has 0 aliphatic heterocycles. The van der Waals surface area contributed by atoms with Gasteiger partial charge in [0.05, 0.1) is 5.39 Å². The first kappa shape index (κ1) is 18.6.